The van der Waals surface area contributed by atoms with Crippen LogP contribution in [0.25, 0.3) is 22.9 Å². The molecule has 4 aromatic rings. The zero-order valence-corrected chi connectivity index (χ0v) is 19.3. The summed E-state index contributed by atoms with van der Waals surface area (Å²) in [6.45, 7) is 2.19. The van der Waals surface area contributed by atoms with E-state index in [-0.39, 0.29) is 0 Å². The fourth-order valence-electron chi connectivity index (χ4n) is 4.64. The highest BCUT2D eigenvalue weighted by atomic mass is 32.1. The Morgan fingerprint density at radius 1 is 0.727 bits per heavy atom. The van der Waals surface area contributed by atoms with E-state index in [2.05, 4.69) is 95.9 Å². The smallest absolute Gasteiger partial charge is 0.186 e. The van der Waals surface area contributed by atoms with Crippen LogP contribution >= 0.6 is 11.3 Å². The van der Waals surface area contributed by atoms with Gasteiger partial charge in [0.25, 0.3) is 0 Å². The summed E-state index contributed by atoms with van der Waals surface area (Å²) in [7, 11) is 0. The number of para-hydroxylation sites is 1. The van der Waals surface area contributed by atoms with Crippen LogP contribution in [0.1, 0.15) is 35.3 Å². The number of hydrogen-bond donors (Lipinski definition) is 0. The number of thiazole rings is 1. The minimum Gasteiger partial charge on any atom is -0.348 e. The molecule has 0 spiro atoms. The standard InChI is InChI=1S/C29H25N3S/c1-4-12-21(13-5-1)27-24(23-16-8-9-17-25(23)30-27)20-26-28(22-14-6-2-7-15-22)31-29(33-26)32-18-10-3-11-19-32/h1-2,4-9,12-17,20H,3,10-11,18-19H2. The molecule has 0 aliphatic carbocycles. The first-order valence-electron chi connectivity index (χ1n) is 11.6. The largest absolute Gasteiger partial charge is 0.348 e. The Morgan fingerprint density at radius 2 is 1.39 bits per heavy atom. The molecule has 162 valence electrons. The highest BCUT2D eigenvalue weighted by Crippen LogP contribution is 2.41. The Hall–Kier alpha value is -3.50. The lowest BCUT2D eigenvalue weighted by Gasteiger charge is -2.25. The fraction of sp³-hybridized carbons (Fsp3) is 0.172. The zero-order chi connectivity index (χ0) is 22.0. The lowest BCUT2D eigenvalue weighted by Crippen LogP contribution is -2.29. The van der Waals surface area contributed by atoms with Crippen LogP contribution in [-0.4, -0.2) is 23.8 Å². The van der Waals surface area contributed by atoms with Crippen LogP contribution in [0.5, 0.6) is 0 Å². The molecule has 33 heavy (non-hydrogen) atoms. The quantitative estimate of drug-likeness (QED) is 0.324. The maximum atomic E-state index is 5.16. The third kappa shape index (κ3) is 3.91. The van der Waals surface area contributed by atoms with Crippen LogP contribution in [0.15, 0.2) is 89.9 Å². The number of hydrogen-bond acceptors (Lipinski definition) is 4. The summed E-state index contributed by atoms with van der Waals surface area (Å²) in [5.41, 5.74) is 7.78. The van der Waals surface area contributed by atoms with Gasteiger partial charge in [0.2, 0.25) is 0 Å². The van der Waals surface area contributed by atoms with Crippen molar-refractivity contribution in [3.63, 3.8) is 0 Å². The van der Waals surface area contributed by atoms with Crippen LogP contribution in [0.3, 0.4) is 0 Å². The molecule has 0 saturated carbocycles. The van der Waals surface area contributed by atoms with Crippen molar-refractivity contribution < 1.29 is 0 Å². The van der Waals surface area contributed by atoms with Gasteiger partial charge < -0.3 is 4.90 Å². The number of allylic oxidation sites excluding steroid dienone is 1. The number of piperidine rings is 1. The normalized spacial score (nSPS) is 16.7. The van der Waals surface area contributed by atoms with Crippen molar-refractivity contribution >= 4 is 39.5 Å². The molecule has 3 aromatic carbocycles. The average Bonchev–Trinajstić information content (AvgIpc) is 3.48. The van der Waals surface area contributed by atoms with E-state index < -0.39 is 0 Å². The first kappa shape index (κ1) is 20.1. The Labute approximate surface area is 198 Å². The molecular formula is C29H25N3S. The van der Waals surface area contributed by atoms with Crippen molar-refractivity contribution in [2.75, 3.05) is 18.0 Å². The van der Waals surface area contributed by atoms with Crippen molar-refractivity contribution in [1.29, 1.82) is 0 Å². The molecule has 3 heterocycles. The second-order valence-electron chi connectivity index (χ2n) is 8.52. The number of benzene rings is 3. The number of aliphatic imine (C=N–C) groups is 1. The van der Waals surface area contributed by atoms with E-state index in [1.807, 2.05) is 0 Å². The van der Waals surface area contributed by atoms with Crippen molar-refractivity contribution in [3.8, 4) is 11.3 Å². The minimum atomic E-state index is 1.03. The third-order valence-corrected chi connectivity index (χ3v) is 7.38. The molecule has 0 N–H and O–H groups in total. The van der Waals surface area contributed by atoms with Gasteiger partial charge in [-0.3, -0.25) is 0 Å². The highest BCUT2D eigenvalue weighted by Gasteiger charge is 2.24. The molecule has 3 nitrogen and oxygen atoms in total. The lowest BCUT2D eigenvalue weighted by atomic mass is 9.97. The van der Waals surface area contributed by atoms with Gasteiger partial charge >= 0.3 is 0 Å². The first-order chi connectivity index (χ1) is 16.4. The Bertz CT molecular complexity index is 1330. The molecule has 0 bridgehead atoms. The van der Waals surface area contributed by atoms with Gasteiger partial charge in [-0.25, -0.2) is 9.98 Å². The predicted octanol–water partition coefficient (Wildman–Crippen LogP) is 7.48. The predicted molar refractivity (Wildman–Crippen MR) is 141 cm³/mol. The molecule has 0 amide bonds. The Morgan fingerprint density at radius 3 is 2.15 bits per heavy atom. The minimum absolute atomic E-state index is 1.03. The summed E-state index contributed by atoms with van der Waals surface area (Å²) in [5, 5.41) is 1.13. The molecule has 4 heteroatoms. The summed E-state index contributed by atoms with van der Waals surface area (Å²) in [6, 6.07) is 29.5. The van der Waals surface area contributed by atoms with Gasteiger partial charge in [-0.1, -0.05) is 90.2 Å². The van der Waals surface area contributed by atoms with Crippen molar-refractivity contribution in [3.05, 3.63) is 101 Å². The second-order valence-corrected chi connectivity index (χ2v) is 9.53. The van der Waals surface area contributed by atoms with Gasteiger partial charge in [-0.05, 0) is 31.4 Å². The van der Waals surface area contributed by atoms with Crippen LogP contribution in [0, 0.1) is 0 Å². The molecule has 1 fully saturated rings. The zero-order valence-electron chi connectivity index (χ0n) is 18.4. The van der Waals surface area contributed by atoms with Crippen molar-refractivity contribution in [2.24, 2.45) is 4.99 Å². The van der Waals surface area contributed by atoms with E-state index in [0.717, 1.165) is 46.4 Å². The SMILES string of the molecule is C(=C1C(c2ccccc2)=Nc2ccccc21)c1sc(N2CCCCC2)nc1-c1ccccc1. The topological polar surface area (TPSA) is 28.5 Å². The molecule has 2 aliphatic rings. The molecule has 1 saturated heterocycles. The van der Waals surface area contributed by atoms with Crippen molar-refractivity contribution in [2.45, 2.75) is 19.3 Å². The summed E-state index contributed by atoms with van der Waals surface area (Å²) in [5.74, 6) is 0. The van der Waals surface area contributed by atoms with E-state index in [1.165, 1.54) is 35.3 Å². The molecule has 0 radical (unpaired) electrons. The molecular weight excluding hydrogens is 422 g/mol. The van der Waals surface area contributed by atoms with Crippen LogP contribution in [-0.2, 0) is 0 Å². The Kier molecular flexibility index (Phi) is 5.37. The number of aromatic nitrogens is 1. The summed E-state index contributed by atoms with van der Waals surface area (Å²) in [6.07, 6.45) is 6.12. The van der Waals surface area contributed by atoms with E-state index in [9.17, 15) is 0 Å². The van der Waals surface area contributed by atoms with Crippen LogP contribution in [0.4, 0.5) is 10.8 Å². The van der Waals surface area contributed by atoms with Gasteiger partial charge in [0.15, 0.2) is 5.13 Å². The van der Waals surface area contributed by atoms with Gasteiger partial charge in [-0.2, -0.15) is 0 Å². The van der Waals surface area contributed by atoms with Crippen molar-refractivity contribution in [1.82, 2.24) is 4.98 Å². The monoisotopic (exact) mass is 447 g/mol. The van der Waals surface area contributed by atoms with E-state index in [0.29, 0.717) is 0 Å². The first-order valence-corrected chi connectivity index (χ1v) is 12.5. The van der Waals surface area contributed by atoms with Gasteiger partial charge in [0.05, 0.1) is 22.0 Å². The van der Waals surface area contributed by atoms with Crippen LogP contribution in [0.2, 0.25) is 0 Å². The number of fused-ring (bicyclic) bond motifs is 1. The molecule has 6 rings (SSSR count). The van der Waals surface area contributed by atoms with Gasteiger partial charge in [-0.15, -0.1) is 0 Å². The number of rotatable bonds is 4. The second kappa shape index (κ2) is 8.80. The van der Waals surface area contributed by atoms with E-state index >= 15 is 0 Å². The highest BCUT2D eigenvalue weighted by molar-refractivity contribution is 7.17. The molecule has 1 aromatic heterocycles. The van der Waals surface area contributed by atoms with E-state index in [4.69, 9.17) is 9.98 Å². The summed E-state index contributed by atoms with van der Waals surface area (Å²) in [4.78, 5) is 13.8. The van der Waals surface area contributed by atoms with Crippen LogP contribution < -0.4 is 4.90 Å². The average molecular weight is 448 g/mol. The van der Waals surface area contributed by atoms with E-state index in [1.54, 1.807) is 11.3 Å². The maximum Gasteiger partial charge on any atom is 0.186 e. The summed E-state index contributed by atoms with van der Waals surface area (Å²) < 4.78 is 0. The number of nitrogens with zero attached hydrogens (tertiary/aromatic N) is 3. The summed E-state index contributed by atoms with van der Waals surface area (Å²) >= 11 is 1.80. The molecule has 2 aliphatic heterocycles. The lowest BCUT2D eigenvalue weighted by molar-refractivity contribution is 0.577. The molecule has 0 atom stereocenters. The Balaban J connectivity index is 1.51. The number of anilines is 1. The fourth-order valence-corrected chi connectivity index (χ4v) is 5.72. The maximum absolute atomic E-state index is 5.16. The molecule has 0 unspecified atom stereocenters. The van der Waals surface area contributed by atoms with Gasteiger partial charge in [0, 0.05) is 35.4 Å². The van der Waals surface area contributed by atoms with Gasteiger partial charge in [0.1, 0.15) is 0 Å². The third-order valence-electron chi connectivity index (χ3n) is 6.32.